The summed E-state index contributed by atoms with van der Waals surface area (Å²) in [6.07, 6.45) is 2.12. The van der Waals surface area contributed by atoms with Crippen LogP contribution in [0.3, 0.4) is 0 Å². The zero-order chi connectivity index (χ0) is 18.7. The van der Waals surface area contributed by atoms with Crippen molar-refractivity contribution in [2.75, 3.05) is 19.6 Å². The number of halogens is 2. The normalized spacial score (nSPS) is 14.1. The Morgan fingerprint density at radius 3 is 2.96 bits per heavy atom. The van der Waals surface area contributed by atoms with Crippen molar-refractivity contribution in [2.24, 2.45) is 0 Å². The fourth-order valence-electron chi connectivity index (χ4n) is 3.03. The first-order valence-electron chi connectivity index (χ1n) is 8.45. The molecule has 0 spiro atoms. The molecule has 2 aromatic rings. The van der Waals surface area contributed by atoms with Gasteiger partial charge >= 0.3 is 0 Å². The molecular weight excluding hydrogens is 361 g/mol. The Labute approximate surface area is 155 Å². The van der Waals surface area contributed by atoms with E-state index in [0.717, 1.165) is 13.0 Å². The molecule has 0 bridgehead atoms. The number of nitrogens with one attached hydrogen (secondary N) is 1. The van der Waals surface area contributed by atoms with E-state index in [9.17, 15) is 14.0 Å². The minimum Gasteiger partial charge on any atom is -0.360 e. The van der Waals surface area contributed by atoms with Crippen LogP contribution in [0.1, 0.15) is 35.4 Å². The van der Waals surface area contributed by atoms with E-state index in [4.69, 9.17) is 16.1 Å². The molecule has 1 aliphatic rings. The summed E-state index contributed by atoms with van der Waals surface area (Å²) < 4.78 is 19.3. The highest BCUT2D eigenvalue weighted by Crippen LogP contribution is 2.33. The zero-order valence-corrected chi connectivity index (χ0v) is 15.1. The summed E-state index contributed by atoms with van der Waals surface area (Å²) in [6.45, 7) is 3.35. The van der Waals surface area contributed by atoms with Crippen LogP contribution in [0, 0.1) is 12.7 Å². The highest BCUT2D eigenvalue weighted by Gasteiger charge is 2.25. The molecule has 26 heavy (non-hydrogen) atoms. The Bertz CT molecular complexity index is 817. The lowest BCUT2D eigenvalue weighted by Crippen LogP contribution is -2.31. The first-order valence-corrected chi connectivity index (χ1v) is 8.83. The molecule has 8 heteroatoms. The van der Waals surface area contributed by atoms with Crippen LogP contribution in [-0.2, 0) is 4.79 Å². The van der Waals surface area contributed by atoms with Crippen LogP contribution in [0.25, 0.3) is 11.3 Å². The molecular formula is C18H19ClFN3O3. The van der Waals surface area contributed by atoms with Crippen molar-refractivity contribution >= 4 is 23.4 Å². The van der Waals surface area contributed by atoms with Gasteiger partial charge in [-0.25, -0.2) is 4.39 Å². The number of carbonyl (C=O) groups excluding carboxylic acids is 2. The number of aryl methyl sites for hydroxylation is 1. The molecule has 3 rings (SSSR count). The lowest BCUT2D eigenvalue weighted by atomic mass is 10.0. The van der Waals surface area contributed by atoms with Gasteiger partial charge in [-0.1, -0.05) is 22.8 Å². The fourth-order valence-corrected chi connectivity index (χ4v) is 3.29. The minimum absolute atomic E-state index is 0.0406. The molecule has 1 aliphatic heterocycles. The van der Waals surface area contributed by atoms with Gasteiger partial charge in [-0.3, -0.25) is 9.59 Å². The molecule has 0 radical (unpaired) electrons. The Morgan fingerprint density at radius 2 is 2.27 bits per heavy atom. The number of aromatic nitrogens is 1. The van der Waals surface area contributed by atoms with Gasteiger partial charge in [-0.05, 0) is 31.9 Å². The summed E-state index contributed by atoms with van der Waals surface area (Å²) in [5, 5.41) is 6.74. The molecule has 2 heterocycles. The molecule has 2 amide bonds. The van der Waals surface area contributed by atoms with Crippen LogP contribution in [0.4, 0.5) is 4.39 Å². The number of benzene rings is 1. The van der Waals surface area contributed by atoms with E-state index >= 15 is 0 Å². The molecule has 0 atom stereocenters. The molecule has 1 aromatic carbocycles. The second kappa shape index (κ2) is 7.86. The van der Waals surface area contributed by atoms with Crippen LogP contribution < -0.4 is 5.32 Å². The Morgan fingerprint density at radius 1 is 1.46 bits per heavy atom. The van der Waals surface area contributed by atoms with Gasteiger partial charge < -0.3 is 14.7 Å². The summed E-state index contributed by atoms with van der Waals surface area (Å²) in [5.74, 6) is -0.549. The van der Waals surface area contributed by atoms with Crippen LogP contribution in [-0.4, -0.2) is 41.5 Å². The molecule has 1 N–H and O–H groups in total. The van der Waals surface area contributed by atoms with Gasteiger partial charge in [0.1, 0.15) is 22.8 Å². The van der Waals surface area contributed by atoms with Crippen LogP contribution in [0.15, 0.2) is 22.7 Å². The van der Waals surface area contributed by atoms with Crippen LogP contribution in [0.2, 0.25) is 5.02 Å². The van der Waals surface area contributed by atoms with Crippen molar-refractivity contribution in [3.05, 3.63) is 40.4 Å². The third kappa shape index (κ3) is 3.72. The zero-order valence-electron chi connectivity index (χ0n) is 14.3. The molecule has 1 fully saturated rings. The summed E-state index contributed by atoms with van der Waals surface area (Å²) >= 11 is 6.07. The molecule has 1 aromatic heterocycles. The second-order valence-corrected chi connectivity index (χ2v) is 6.56. The lowest BCUT2D eigenvalue weighted by molar-refractivity contribution is -0.127. The van der Waals surface area contributed by atoms with E-state index in [2.05, 4.69) is 10.5 Å². The van der Waals surface area contributed by atoms with Crippen LogP contribution >= 0.6 is 11.6 Å². The van der Waals surface area contributed by atoms with E-state index in [1.54, 1.807) is 11.8 Å². The van der Waals surface area contributed by atoms with Crippen molar-refractivity contribution in [1.82, 2.24) is 15.4 Å². The van der Waals surface area contributed by atoms with Gasteiger partial charge in [0.2, 0.25) is 5.91 Å². The minimum atomic E-state index is -0.576. The van der Waals surface area contributed by atoms with Gasteiger partial charge in [-0.15, -0.1) is 0 Å². The van der Waals surface area contributed by atoms with E-state index in [0.29, 0.717) is 25.9 Å². The first kappa shape index (κ1) is 18.4. The van der Waals surface area contributed by atoms with Crippen molar-refractivity contribution < 1.29 is 18.5 Å². The maximum atomic E-state index is 14.2. The largest absolute Gasteiger partial charge is 0.360 e. The van der Waals surface area contributed by atoms with E-state index < -0.39 is 11.7 Å². The van der Waals surface area contributed by atoms with E-state index in [1.165, 1.54) is 18.2 Å². The average Bonchev–Trinajstić information content (AvgIpc) is 3.17. The van der Waals surface area contributed by atoms with Crippen LogP contribution in [0.5, 0.6) is 0 Å². The monoisotopic (exact) mass is 379 g/mol. The predicted octanol–water partition coefficient (Wildman–Crippen LogP) is 3.18. The standard InChI is InChI=1S/C18H19ClFN3O3/c1-11-15(17(22-26-11)16-12(19)5-2-6-13(16)20)18(25)21-8-4-10-23-9-3-7-14(23)24/h2,5-6H,3-4,7-10H2,1H3,(H,21,25). The number of carbonyl (C=O) groups is 2. The maximum Gasteiger partial charge on any atom is 0.257 e. The number of amides is 2. The molecule has 0 aliphatic carbocycles. The molecule has 0 saturated carbocycles. The average molecular weight is 380 g/mol. The topological polar surface area (TPSA) is 75.4 Å². The third-order valence-corrected chi connectivity index (χ3v) is 4.67. The fraction of sp³-hybridized carbons (Fsp3) is 0.389. The van der Waals surface area contributed by atoms with Gasteiger partial charge in [-0.2, -0.15) is 0 Å². The Balaban J connectivity index is 1.68. The predicted molar refractivity (Wildman–Crippen MR) is 94.4 cm³/mol. The quantitative estimate of drug-likeness (QED) is 0.782. The van der Waals surface area contributed by atoms with Crippen molar-refractivity contribution in [2.45, 2.75) is 26.2 Å². The number of rotatable bonds is 6. The van der Waals surface area contributed by atoms with E-state index in [-0.39, 0.29) is 33.5 Å². The van der Waals surface area contributed by atoms with Crippen molar-refractivity contribution in [1.29, 1.82) is 0 Å². The maximum absolute atomic E-state index is 14.2. The van der Waals surface area contributed by atoms with E-state index in [1.807, 2.05) is 0 Å². The molecule has 1 saturated heterocycles. The Hall–Kier alpha value is -2.41. The summed E-state index contributed by atoms with van der Waals surface area (Å²) in [4.78, 5) is 25.9. The highest BCUT2D eigenvalue weighted by molar-refractivity contribution is 6.33. The highest BCUT2D eigenvalue weighted by atomic mass is 35.5. The third-order valence-electron chi connectivity index (χ3n) is 4.35. The summed E-state index contributed by atoms with van der Waals surface area (Å²) in [5.41, 5.74) is 0.283. The molecule has 0 unspecified atom stereocenters. The number of likely N-dealkylation sites (tertiary alicyclic amines) is 1. The Kier molecular flexibility index (Phi) is 5.56. The van der Waals surface area contributed by atoms with Crippen molar-refractivity contribution in [3.8, 4) is 11.3 Å². The number of nitrogens with zero attached hydrogens (tertiary/aromatic N) is 2. The summed E-state index contributed by atoms with van der Waals surface area (Å²) in [7, 11) is 0. The second-order valence-electron chi connectivity index (χ2n) is 6.15. The van der Waals surface area contributed by atoms with Gasteiger partial charge in [0.05, 0.1) is 10.6 Å². The first-order chi connectivity index (χ1) is 12.5. The van der Waals surface area contributed by atoms with Gasteiger partial charge in [0.15, 0.2) is 0 Å². The smallest absolute Gasteiger partial charge is 0.257 e. The number of hydrogen-bond donors (Lipinski definition) is 1. The number of hydrogen-bond acceptors (Lipinski definition) is 4. The van der Waals surface area contributed by atoms with Gasteiger partial charge in [0.25, 0.3) is 5.91 Å². The molecule has 138 valence electrons. The van der Waals surface area contributed by atoms with Crippen molar-refractivity contribution in [3.63, 3.8) is 0 Å². The van der Waals surface area contributed by atoms with Gasteiger partial charge in [0, 0.05) is 26.1 Å². The lowest BCUT2D eigenvalue weighted by Gasteiger charge is -2.15. The molecule has 6 nitrogen and oxygen atoms in total. The summed E-state index contributed by atoms with van der Waals surface area (Å²) in [6, 6.07) is 4.26. The SMILES string of the molecule is Cc1onc(-c2c(F)cccc2Cl)c1C(=O)NCCCN1CCCC1=O.